The molecule has 0 aliphatic heterocycles. The second-order valence-electron chi connectivity index (χ2n) is 5.98. The van der Waals surface area contributed by atoms with E-state index in [0.717, 1.165) is 40.4 Å². The Balaban J connectivity index is 1.83. The Bertz CT molecular complexity index is 1000. The maximum absolute atomic E-state index is 5.81. The van der Waals surface area contributed by atoms with Gasteiger partial charge >= 0.3 is 0 Å². The number of fused-ring (bicyclic) bond motifs is 1. The minimum atomic E-state index is 0.738. The minimum Gasteiger partial charge on any atom is -0.497 e. The largest absolute Gasteiger partial charge is 0.497 e. The third kappa shape index (κ3) is 2.94. The number of hydrogen-bond acceptors (Lipinski definition) is 3. The van der Waals surface area contributed by atoms with Crippen molar-refractivity contribution in [2.75, 3.05) is 12.8 Å². The summed E-state index contributed by atoms with van der Waals surface area (Å²) in [4.78, 5) is 4.85. The first-order valence-corrected chi connectivity index (χ1v) is 8.19. The quantitative estimate of drug-likeness (QED) is 0.567. The van der Waals surface area contributed by atoms with E-state index in [9.17, 15) is 0 Å². The molecule has 4 aromatic rings. The summed E-state index contributed by atoms with van der Waals surface area (Å²) in [5.41, 5.74) is 10.9. The second kappa shape index (κ2) is 6.32. The van der Waals surface area contributed by atoms with Gasteiger partial charge in [0.1, 0.15) is 11.6 Å². The SMILES string of the molecule is COc1ccc(-c2nc3ccccc3n2Cc2ccc(N)cc2)cc1. The number of methoxy groups -OCH3 is 1. The first-order chi connectivity index (χ1) is 12.2. The fourth-order valence-corrected chi connectivity index (χ4v) is 3.00. The van der Waals surface area contributed by atoms with Gasteiger partial charge in [-0.05, 0) is 54.1 Å². The van der Waals surface area contributed by atoms with Crippen molar-refractivity contribution >= 4 is 16.7 Å². The van der Waals surface area contributed by atoms with E-state index in [2.05, 4.69) is 22.8 Å². The molecule has 0 amide bonds. The molecule has 0 fully saturated rings. The van der Waals surface area contributed by atoms with Crippen LogP contribution >= 0.6 is 0 Å². The number of nitrogens with two attached hydrogens (primary N) is 1. The van der Waals surface area contributed by atoms with Crippen molar-refractivity contribution in [3.8, 4) is 17.1 Å². The number of benzene rings is 3. The van der Waals surface area contributed by atoms with E-state index in [4.69, 9.17) is 15.5 Å². The summed E-state index contributed by atoms with van der Waals surface area (Å²) < 4.78 is 7.50. The standard InChI is InChI=1S/C21H19N3O/c1-25-18-12-8-16(9-13-18)21-23-19-4-2-3-5-20(19)24(21)14-15-6-10-17(22)11-7-15/h2-13H,14,22H2,1H3. The maximum atomic E-state index is 5.81. The van der Waals surface area contributed by atoms with Gasteiger partial charge in [-0.2, -0.15) is 0 Å². The molecule has 4 nitrogen and oxygen atoms in total. The Morgan fingerprint density at radius 3 is 2.36 bits per heavy atom. The number of imidazole rings is 1. The van der Waals surface area contributed by atoms with Gasteiger partial charge in [0.15, 0.2) is 0 Å². The van der Waals surface area contributed by atoms with Crippen molar-refractivity contribution < 1.29 is 4.74 Å². The van der Waals surface area contributed by atoms with E-state index in [1.807, 2.05) is 54.6 Å². The van der Waals surface area contributed by atoms with E-state index in [1.165, 1.54) is 5.56 Å². The Labute approximate surface area is 146 Å². The van der Waals surface area contributed by atoms with Crippen LogP contribution in [0.15, 0.2) is 72.8 Å². The lowest BCUT2D eigenvalue weighted by molar-refractivity contribution is 0.415. The summed E-state index contributed by atoms with van der Waals surface area (Å²) in [5, 5.41) is 0. The van der Waals surface area contributed by atoms with Gasteiger partial charge < -0.3 is 15.0 Å². The van der Waals surface area contributed by atoms with Crippen LogP contribution in [0.5, 0.6) is 5.75 Å². The van der Waals surface area contributed by atoms with E-state index in [0.29, 0.717) is 0 Å². The summed E-state index contributed by atoms with van der Waals surface area (Å²) in [7, 11) is 1.67. The molecule has 4 heteroatoms. The highest BCUT2D eigenvalue weighted by Crippen LogP contribution is 2.27. The first-order valence-electron chi connectivity index (χ1n) is 8.19. The minimum absolute atomic E-state index is 0.738. The van der Waals surface area contributed by atoms with Crippen LogP contribution in [-0.2, 0) is 6.54 Å². The average Bonchev–Trinajstić information content (AvgIpc) is 3.02. The summed E-state index contributed by atoms with van der Waals surface area (Å²) in [5.74, 6) is 1.78. The van der Waals surface area contributed by atoms with Gasteiger partial charge in [-0.25, -0.2) is 4.98 Å². The zero-order chi connectivity index (χ0) is 17.2. The molecule has 124 valence electrons. The van der Waals surface area contributed by atoms with Crippen LogP contribution in [0.3, 0.4) is 0 Å². The molecule has 0 saturated carbocycles. The number of ether oxygens (including phenoxy) is 1. The molecule has 0 bridgehead atoms. The number of nitrogen functional groups attached to an aromatic ring is 1. The molecule has 2 N–H and O–H groups in total. The van der Waals surface area contributed by atoms with E-state index in [-0.39, 0.29) is 0 Å². The molecule has 3 aromatic carbocycles. The summed E-state index contributed by atoms with van der Waals surface area (Å²) in [6, 6.07) is 24.2. The van der Waals surface area contributed by atoms with Gasteiger partial charge in [-0.3, -0.25) is 0 Å². The molecule has 0 aliphatic rings. The predicted molar refractivity (Wildman–Crippen MR) is 102 cm³/mol. The van der Waals surface area contributed by atoms with Crippen molar-refractivity contribution in [2.45, 2.75) is 6.54 Å². The second-order valence-corrected chi connectivity index (χ2v) is 5.98. The number of para-hydroxylation sites is 2. The van der Waals surface area contributed by atoms with Gasteiger partial charge in [0.25, 0.3) is 0 Å². The van der Waals surface area contributed by atoms with E-state index < -0.39 is 0 Å². The van der Waals surface area contributed by atoms with E-state index >= 15 is 0 Å². The zero-order valence-electron chi connectivity index (χ0n) is 14.0. The van der Waals surface area contributed by atoms with Gasteiger partial charge in [0.05, 0.1) is 18.1 Å². The highest BCUT2D eigenvalue weighted by atomic mass is 16.5. The van der Waals surface area contributed by atoms with Crippen LogP contribution in [0.4, 0.5) is 5.69 Å². The highest BCUT2D eigenvalue weighted by molar-refractivity contribution is 5.80. The molecule has 0 unspecified atom stereocenters. The molecule has 0 aliphatic carbocycles. The number of aromatic nitrogens is 2. The molecule has 0 radical (unpaired) electrons. The third-order valence-electron chi connectivity index (χ3n) is 4.32. The van der Waals surface area contributed by atoms with Gasteiger partial charge in [0.2, 0.25) is 0 Å². The summed E-state index contributed by atoms with van der Waals surface area (Å²) >= 11 is 0. The molecule has 0 saturated heterocycles. The molecular formula is C21H19N3O. The number of anilines is 1. The average molecular weight is 329 g/mol. The normalized spacial score (nSPS) is 10.9. The lowest BCUT2D eigenvalue weighted by atomic mass is 10.1. The Morgan fingerprint density at radius 2 is 1.64 bits per heavy atom. The Kier molecular flexibility index (Phi) is 3.86. The van der Waals surface area contributed by atoms with Crippen molar-refractivity contribution in [1.82, 2.24) is 9.55 Å². The lowest BCUT2D eigenvalue weighted by Gasteiger charge is -2.10. The molecule has 0 spiro atoms. The van der Waals surface area contributed by atoms with Gasteiger partial charge in [-0.1, -0.05) is 24.3 Å². The third-order valence-corrected chi connectivity index (χ3v) is 4.32. The Hall–Kier alpha value is -3.27. The molecule has 0 atom stereocenters. The molecule has 25 heavy (non-hydrogen) atoms. The maximum Gasteiger partial charge on any atom is 0.141 e. The molecule has 1 heterocycles. The van der Waals surface area contributed by atoms with E-state index in [1.54, 1.807) is 7.11 Å². The van der Waals surface area contributed by atoms with Crippen molar-refractivity contribution in [3.63, 3.8) is 0 Å². The van der Waals surface area contributed by atoms with Crippen LogP contribution < -0.4 is 10.5 Å². The highest BCUT2D eigenvalue weighted by Gasteiger charge is 2.13. The fraction of sp³-hybridized carbons (Fsp3) is 0.0952. The van der Waals surface area contributed by atoms with Crippen LogP contribution in [-0.4, -0.2) is 16.7 Å². The summed E-state index contributed by atoms with van der Waals surface area (Å²) in [6.07, 6.45) is 0. The molecule has 4 rings (SSSR count). The molecular weight excluding hydrogens is 310 g/mol. The zero-order valence-corrected chi connectivity index (χ0v) is 14.0. The van der Waals surface area contributed by atoms with Crippen LogP contribution in [0, 0.1) is 0 Å². The summed E-state index contributed by atoms with van der Waals surface area (Å²) in [6.45, 7) is 0.738. The first kappa shape index (κ1) is 15.3. The van der Waals surface area contributed by atoms with Gasteiger partial charge in [0, 0.05) is 17.8 Å². The monoisotopic (exact) mass is 329 g/mol. The van der Waals surface area contributed by atoms with Gasteiger partial charge in [-0.15, -0.1) is 0 Å². The number of rotatable bonds is 4. The van der Waals surface area contributed by atoms with Crippen LogP contribution in [0.1, 0.15) is 5.56 Å². The van der Waals surface area contributed by atoms with Crippen LogP contribution in [0.2, 0.25) is 0 Å². The lowest BCUT2D eigenvalue weighted by Crippen LogP contribution is -2.02. The van der Waals surface area contributed by atoms with Crippen molar-refractivity contribution in [2.24, 2.45) is 0 Å². The Morgan fingerprint density at radius 1 is 0.920 bits per heavy atom. The number of hydrogen-bond donors (Lipinski definition) is 1. The fourth-order valence-electron chi connectivity index (χ4n) is 3.00. The topological polar surface area (TPSA) is 53.1 Å². The van der Waals surface area contributed by atoms with Crippen molar-refractivity contribution in [3.05, 3.63) is 78.4 Å². The number of nitrogens with zero attached hydrogens (tertiary/aromatic N) is 2. The smallest absolute Gasteiger partial charge is 0.141 e. The van der Waals surface area contributed by atoms with Crippen molar-refractivity contribution in [1.29, 1.82) is 0 Å². The molecule has 1 aromatic heterocycles. The predicted octanol–water partition coefficient (Wildman–Crippen LogP) is 4.34. The van der Waals surface area contributed by atoms with Crippen LogP contribution in [0.25, 0.3) is 22.4 Å².